The van der Waals surface area contributed by atoms with Gasteiger partial charge in [0.15, 0.2) is 0 Å². The van der Waals surface area contributed by atoms with Crippen molar-refractivity contribution in [3.63, 3.8) is 0 Å². The Bertz CT molecular complexity index is 339. The molecule has 2 N–H and O–H groups in total. The fourth-order valence-corrected chi connectivity index (χ4v) is 1.78. The second-order valence-corrected chi connectivity index (χ2v) is 4.70. The van der Waals surface area contributed by atoms with Crippen LogP contribution >= 0.6 is 0 Å². The zero-order chi connectivity index (χ0) is 13.4. The van der Waals surface area contributed by atoms with Gasteiger partial charge in [-0.25, -0.2) is 0 Å². The predicted octanol–water partition coefficient (Wildman–Crippen LogP) is 2.90. The third-order valence-corrected chi connectivity index (χ3v) is 2.88. The number of para-hydroxylation sites is 1. The molecule has 2 atom stereocenters. The van der Waals surface area contributed by atoms with E-state index in [0.29, 0.717) is 13.0 Å². The van der Waals surface area contributed by atoms with Crippen LogP contribution < -0.4 is 10.1 Å². The molecule has 0 heterocycles. The van der Waals surface area contributed by atoms with Crippen molar-refractivity contribution in [3.8, 4) is 5.75 Å². The minimum Gasteiger partial charge on any atom is -0.493 e. The van der Waals surface area contributed by atoms with E-state index in [4.69, 9.17) is 4.74 Å². The van der Waals surface area contributed by atoms with Crippen LogP contribution in [0.1, 0.15) is 45.2 Å². The number of nitrogens with one attached hydrogen (secondary N) is 1. The van der Waals surface area contributed by atoms with E-state index < -0.39 is 0 Å². The average Bonchev–Trinajstić information content (AvgIpc) is 2.36. The van der Waals surface area contributed by atoms with E-state index in [0.717, 1.165) is 18.7 Å². The van der Waals surface area contributed by atoms with Gasteiger partial charge >= 0.3 is 0 Å². The van der Waals surface area contributed by atoms with Crippen LogP contribution in [0.4, 0.5) is 0 Å². The summed E-state index contributed by atoms with van der Waals surface area (Å²) in [6.07, 6.45) is 1.47. The molecular weight excluding hydrogens is 226 g/mol. The first-order valence-electron chi connectivity index (χ1n) is 6.78. The Kier molecular flexibility index (Phi) is 6.76. The van der Waals surface area contributed by atoms with E-state index in [1.54, 1.807) is 6.92 Å². The zero-order valence-corrected chi connectivity index (χ0v) is 11.6. The van der Waals surface area contributed by atoms with Gasteiger partial charge in [-0.05, 0) is 32.9 Å². The highest BCUT2D eigenvalue weighted by Gasteiger charge is 2.10. The third kappa shape index (κ3) is 5.07. The van der Waals surface area contributed by atoms with E-state index in [9.17, 15) is 5.11 Å². The van der Waals surface area contributed by atoms with Gasteiger partial charge in [0.2, 0.25) is 0 Å². The first-order valence-corrected chi connectivity index (χ1v) is 6.78. The molecule has 0 saturated carbocycles. The number of ether oxygens (including phenoxy) is 1. The minimum atomic E-state index is -0.312. The molecule has 1 rings (SSSR count). The molecule has 0 radical (unpaired) electrons. The van der Waals surface area contributed by atoms with E-state index in [-0.39, 0.29) is 12.1 Å². The summed E-state index contributed by atoms with van der Waals surface area (Å²) in [6.45, 7) is 7.64. The highest BCUT2D eigenvalue weighted by Crippen LogP contribution is 2.24. The molecular formula is C15H25NO2. The Hall–Kier alpha value is -1.06. The topological polar surface area (TPSA) is 41.5 Å². The van der Waals surface area contributed by atoms with Crippen molar-refractivity contribution in [1.29, 1.82) is 0 Å². The van der Waals surface area contributed by atoms with Crippen LogP contribution in [0.25, 0.3) is 0 Å². The second-order valence-electron chi connectivity index (χ2n) is 4.70. The Morgan fingerprint density at radius 1 is 1.28 bits per heavy atom. The molecule has 0 amide bonds. The second kappa shape index (κ2) is 8.11. The number of hydrogen-bond acceptors (Lipinski definition) is 3. The maximum absolute atomic E-state index is 9.23. The normalized spacial score (nSPS) is 14.2. The zero-order valence-electron chi connectivity index (χ0n) is 11.6. The lowest BCUT2D eigenvalue weighted by Gasteiger charge is -2.18. The Labute approximate surface area is 110 Å². The van der Waals surface area contributed by atoms with Crippen LogP contribution in [-0.2, 0) is 0 Å². The van der Waals surface area contributed by atoms with Crippen molar-refractivity contribution in [1.82, 2.24) is 5.32 Å². The standard InChI is InChI=1S/C15H25NO2/c1-4-10-16-13(3)14-7-5-6-8-15(14)18-11-9-12(2)17/h5-8,12-13,16-17H,4,9-11H2,1-3H3. The summed E-state index contributed by atoms with van der Waals surface area (Å²) in [4.78, 5) is 0. The summed E-state index contributed by atoms with van der Waals surface area (Å²) in [5, 5.41) is 12.7. The molecule has 0 fully saturated rings. The Balaban J connectivity index is 2.60. The van der Waals surface area contributed by atoms with Crippen LogP contribution in [0.5, 0.6) is 5.75 Å². The molecule has 1 aromatic rings. The van der Waals surface area contributed by atoms with Crippen LogP contribution in [0.2, 0.25) is 0 Å². The summed E-state index contributed by atoms with van der Waals surface area (Å²) in [7, 11) is 0. The Morgan fingerprint density at radius 3 is 2.67 bits per heavy atom. The van der Waals surface area contributed by atoms with E-state index in [2.05, 4.69) is 25.2 Å². The van der Waals surface area contributed by atoms with E-state index in [1.807, 2.05) is 18.2 Å². The molecule has 0 aliphatic heterocycles. The number of aliphatic hydroxyl groups excluding tert-OH is 1. The van der Waals surface area contributed by atoms with E-state index >= 15 is 0 Å². The van der Waals surface area contributed by atoms with Gasteiger partial charge in [0.05, 0.1) is 12.7 Å². The lowest BCUT2D eigenvalue weighted by atomic mass is 10.1. The fraction of sp³-hybridized carbons (Fsp3) is 0.600. The molecule has 0 aromatic heterocycles. The van der Waals surface area contributed by atoms with Gasteiger partial charge in [-0.3, -0.25) is 0 Å². The highest BCUT2D eigenvalue weighted by atomic mass is 16.5. The smallest absolute Gasteiger partial charge is 0.124 e. The van der Waals surface area contributed by atoms with Gasteiger partial charge in [-0.15, -0.1) is 0 Å². The van der Waals surface area contributed by atoms with Gasteiger partial charge in [0.1, 0.15) is 5.75 Å². The number of hydrogen-bond donors (Lipinski definition) is 2. The van der Waals surface area contributed by atoms with Crippen molar-refractivity contribution >= 4 is 0 Å². The molecule has 0 bridgehead atoms. The fourth-order valence-electron chi connectivity index (χ4n) is 1.78. The largest absolute Gasteiger partial charge is 0.493 e. The molecule has 0 aliphatic rings. The van der Waals surface area contributed by atoms with Crippen molar-refractivity contribution in [2.75, 3.05) is 13.2 Å². The summed E-state index contributed by atoms with van der Waals surface area (Å²) in [6, 6.07) is 8.37. The summed E-state index contributed by atoms with van der Waals surface area (Å²) in [5.41, 5.74) is 1.18. The molecule has 3 nitrogen and oxygen atoms in total. The van der Waals surface area contributed by atoms with Gasteiger partial charge in [0.25, 0.3) is 0 Å². The van der Waals surface area contributed by atoms with Gasteiger partial charge in [0, 0.05) is 18.0 Å². The quantitative estimate of drug-likeness (QED) is 0.746. The molecule has 3 heteroatoms. The van der Waals surface area contributed by atoms with Crippen LogP contribution in [-0.4, -0.2) is 24.4 Å². The lowest BCUT2D eigenvalue weighted by Crippen LogP contribution is -2.20. The van der Waals surface area contributed by atoms with Crippen LogP contribution in [0, 0.1) is 0 Å². The van der Waals surface area contributed by atoms with Crippen LogP contribution in [0.3, 0.4) is 0 Å². The summed E-state index contributed by atoms with van der Waals surface area (Å²) >= 11 is 0. The molecule has 0 aliphatic carbocycles. The van der Waals surface area contributed by atoms with Crippen molar-refractivity contribution in [2.45, 2.75) is 45.8 Å². The van der Waals surface area contributed by atoms with Crippen molar-refractivity contribution in [3.05, 3.63) is 29.8 Å². The monoisotopic (exact) mass is 251 g/mol. The predicted molar refractivity (Wildman–Crippen MR) is 74.9 cm³/mol. The molecule has 1 aromatic carbocycles. The molecule has 0 saturated heterocycles. The van der Waals surface area contributed by atoms with Crippen LogP contribution in [0.15, 0.2) is 24.3 Å². The molecule has 0 spiro atoms. The number of benzene rings is 1. The third-order valence-electron chi connectivity index (χ3n) is 2.88. The van der Waals surface area contributed by atoms with E-state index in [1.165, 1.54) is 5.56 Å². The van der Waals surface area contributed by atoms with Crippen molar-refractivity contribution < 1.29 is 9.84 Å². The first kappa shape index (κ1) is 15.0. The maximum atomic E-state index is 9.23. The maximum Gasteiger partial charge on any atom is 0.124 e. The minimum absolute atomic E-state index is 0.285. The average molecular weight is 251 g/mol. The molecule has 102 valence electrons. The Morgan fingerprint density at radius 2 is 2.00 bits per heavy atom. The summed E-state index contributed by atoms with van der Waals surface area (Å²) in [5.74, 6) is 0.911. The van der Waals surface area contributed by atoms with Crippen molar-refractivity contribution in [2.24, 2.45) is 0 Å². The number of aliphatic hydroxyl groups is 1. The highest BCUT2D eigenvalue weighted by molar-refractivity contribution is 5.35. The van der Waals surface area contributed by atoms with Gasteiger partial charge in [-0.1, -0.05) is 25.1 Å². The number of rotatable bonds is 8. The van der Waals surface area contributed by atoms with Gasteiger partial charge in [-0.2, -0.15) is 0 Å². The molecule has 18 heavy (non-hydrogen) atoms. The summed E-state index contributed by atoms with van der Waals surface area (Å²) < 4.78 is 5.75. The first-order chi connectivity index (χ1) is 8.65. The SMILES string of the molecule is CCCNC(C)c1ccccc1OCCC(C)O. The van der Waals surface area contributed by atoms with Gasteiger partial charge < -0.3 is 15.2 Å². The lowest BCUT2D eigenvalue weighted by molar-refractivity contribution is 0.155. The molecule has 2 unspecified atom stereocenters.